The lowest BCUT2D eigenvalue weighted by Gasteiger charge is -2.23. The van der Waals surface area contributed by atoms with E-state index in [4.69, 9.17) is 4.74 Å². The van der Waals surface area contributed by atoms with Gasteiger partial charge in [0.1, 0.15) is 6.10 Å². The van der Waals surface area contributed by atoms with E-state index in [1.54, 1.807) is 6.08 Å². The molecule has 0 saturated carbocycles. The fourth-order valence-corrected chi connectivity index (χ4v) is 7.16. The average molecular weight is 912 g/mol. The van der Waals surface area contributed by atoms with Crippen LogP contribution in [0.3, 0.4) is 0 Å². The highest BCUT2D eigenvalue weighted by Gasteiger charge is 2.23. The Labute approximate surface area is 405 Å². The molecule has 372 valence electrons. The summed E-state index contributed by atoms with van der Waals surface area (Å²) in [5.41, 5.74) is 0. The molecule has 3 N–H and O–H groups in total. The Bertz CT molecular complexity index is 1440. The van der Waals surface area contributed by atoms with Crippen LogP contribution >= 0.6 is 0 Å². The number of aliphatic hydroxyl groups is 2. The van der Waals surface area contributed by atoms with Gasteiger partial charge in [0.15, 0.2) is 0 Å². The number of hydrogen-bond acceptors (Lipinski definition) is 5. The second kappa shape index (κ2) is 52.0. The summed E-state index contributed by atoms with van der Waals surface area (Å²) < 4.78 is 5.78. The minimum Gasteiger partial charge on any atom is -0.458 e. The van der Waals surface area contributed by atoms with Gasteiger partial charge in [-0.25, -0.2) is 0 Å². The average Bonchev–Trinajstić information content (AvgIpc) is 3.31. The van der Waals surface area contributed by atoms with Gasteiger partial charge in [-0.05, 0) is 70.3 Å². The van der Waals surface area contributed by atoms with Gasteiger partial charge < -0.3 is 20.3 Å². The topological polar surface area (TPSA) is 95.9 Å². The third-order valence-electron chi connectivity index (χ3n) is 11.1. The molecule has 3 atom stereocenters. The summed E-state index contributed by atoms with van der Waals surface area (Å²) in [5, 5.41) is 23.7. The highest BCUT2D eigenvalue weighted by atomic mass is 16.5. The molecule has 0 heterocycles. The van der Waals surface area contributed by atoms with Crippen LogP contribution in [0.5, 0.6) is 0 Å². The minimum absolute atomic E-state index is 0.0848. The van der Waals surface area contributed by atoms with Crippen molar-refractivity contribution in [2.45, 2.75) is 225 Å². The fourth-order valence-electron chi connectivity index (χ4n) is 7.16. The molecule has 0 aromatic carbocycles. The van der Waals surface area contributed by atoms with Gasteiger partial charge in [-0.15, -0.1) is 0 Å². The lowest BCUT2D eigenvalue weighted by Crippen LogP contribution is -2.46. The maximum Gasteiger partial charge on any atom is 0.306 e. The fraction of sp³-hybridized carbons (Fsp3) is 0.600. The van der Waals surface area contributed by atoms with Gasteiger partial charge in [-0.1, -0.05) is 258 Å². The van der Waals surface area contributed by atoms with Crippen molar-refractivity contribution in [3.63, 3.8) is 0 Å². The molecule has 0 saturated heterocycles. The molecule has 1 amide bonds. The Balaban J connectivity index is 4.82. The number of ether oxygens (including phenoxy) is 1. The summed E-state index contributed by atoms with van der Waals surface area (Å²) in [6.45, 7) is 6.17. The Morgan fingerprint density at radius 3 is 1.35 bits per heavy atom. The van der Waals surface area contributed by atoms with Gasteiger partial charge in [0.2, 0.25) is 5.91 Å². The Kier molecular flexibility index (Phi) is 48.8. The molecule has 0 aliphatic heterocycles. The minimum atomic E-state index is -0.842. The molecule has 0 fully saturated rings. The van der Waals surface area contributed by atoms with Crippen molar-refractivity contribution in [2.24, 2.45) is 0 Å². The van der Waals surface area contributed by atoms with Crippen LogP contribution in [0.2, 0.25) is 0 Å². The van der Waals surface area contributed by atoms with E-state index in [-0.39, 0.29) is 31.3 Å². The third kappa shape index (κ3) is 46.5. The standard InChI is InChI=1S/C60H97NO5/c1-4-7-10-13-16-19-22-25-27-29-31-34-36-39-42-45-48-51-56(66-60(65)53-50-47-44-41-38-33-24-21-18-15-12-9-6-3)54-59(64)61-57(55-62)58(63)52-49-46-43-40-37-35-32-30-28-26-23-20-17-14-11-8-5-2/h7,9-10,12,15-16,18-19,21,24-25,27,31,33-34,38-39,41-42,44,48,51,56-58,62-63H,4-6,8,11,13-14,17,20,22-23,26,28-30,32,35-37,40,43,45-47,49-50,52-55H2,1-3H3,(H,61,64)/b10-7-,12-9+,18-15+,19-16-,24-21-,27-25-,34-31-,38-33-,42-39-,44-41+,51-48-. The maximum atomic E-state index is 13.2. The number of rotatable bonds is 45. The molecule has 66 heavy (non-hydrogen) atoms. The van der Waals surface area contributed by atoms with E-state index in [0.29, 0.717) is 19.3 Å². The van der Waals surface area contributed by atoms with E-state index in [0.717, 1.165) is 64.2 Å². The summed E-state index contributed by atoms with van der Waals surface area (Å²) in [7, 11) is 0. The molecular formula is C60H97NO5. The summed E-state index contributed by atoms with van der Waals surface area (Å²) in [6, 6.07) is -0.768. The summed E-state index contributed by atoms with van der Waals surface area (Å²) in [4.78, 5) is 26.1. The van der Waals surface area contributed by atoms with Crippen LogP contribution in [0.25, 0.3) is 0 Å². The largest absolute Gasteiger partial charge is 0.458 e. The summed E-state index contributed by atoms with van der Waals surface area (Å²) in [6.07, 6.45) is 74.1. The van der Waals surface area contributed by atoms with Crippen molar-refractivity contribution in [1.29, 1.82) is 0 Å². The number of aliphatic hydroxyl groups excluding tert-OH is 2. The quantitative estimate of drug-likeness (QED) is 0.0245. The molecule has 0 aliphatic rings. The normalized spacial score (nSPS) is 14.3. The maximum absolute atomic E-state index is 13.2. The molecule has 0 rings (SSSR count). The first kappa shape index (κ1) is 62.0. The van der Waals surface area contributed by atoms with Crippen LogP contribution < -0.4 is 5.32 Å². The molecule has 0 aliphatic carbocycles. The second-order valence-corrected chi connectivity index (χ2v) is 17.3. The molecule has 3 unspecified atom stereocenters. The lowest BCUT2D eigenvalue weighted by atomic mass is 10.0. The van der Waals surface area contributed by atoms with E-state index < -0.39 is 18.2 Å². The molecule has 0 aromatic heterocycles. The first-order chi connectivity index (χ1) is 32.5. The number of carbonyl (C=O) groups excluding carboxylic acids is 2. The molecule has 6 heteroatoms. The van der Waals surface area contributed by atoms with E-state index in [1.807, 2.05) is 60.8 Å². The highest BCUT2D eigenvalue weighted by molar-refractivity contribution is 5.78. The Hall–Kier alpha value is -4.00. The Morgan fingerprint density at radius 1 is 0.485 bits per heavy atom. The van der Waals surface area contributed by atoms with Gasteiger partial charge in [-0.3, -0.25) is 9.59 Å². The van der Waals surface area contributed by atoms with E-state index in [9.17, 15) is 19.8 Å². The van der Waals surface area contributed by atoms with Crippen molar-refractivity contribution in [1.82, 2.24) is 5.32 Å². The summed E-state index contributed by atoms with van der Waals surface area (Å²) >= 11 is 0. The van der Waals surface area contributed by atoms with Crippen LogP contribution in [-0.2, 0) is 14.3 Å². The Morgan fingerprint density at radius 2 is 0.894 bits per heavy atom. The number of carbonyl (C=O) groups is 2. The van der Waals surface area contributed by atoms with Crippen molar-refractivity contribution in [3.8, 4) is 0 Å². The van der Waals surface area contributed by atoms with Crippen LogP contribution in [0, 0.1) is 0 Å². The van der Waals surface area contributed by atoms with Crippen LogP contribution in [0.15, 0.2) is 134 Å². The van der Waals surface area contributed by atoms with Crippen molar-refractivity contribution < 1.29 is 24.5 Å². The zero-order valence-corrected chi connectivity index (χ0v) is 42.3. The van der Waals surface area contributed by atoms with Crippen molar-refractivity contribution in [3.05, 3.63) is 134 Å². The van der Waals surface area contributed by atoms with Crippen molar-refractivity contribution >= 4 is 11.9 Å². The third-order valence-corrected chi connectivity index (χ3v) is 11.1. The highest BCUT2D eigenvalue weighted by Crippen LogP contribution is 2.16. The van der Waals surface area contributed by atoms with E-state index in [1.165, 1.54) is 89.9 Å². The zero-order valence-electron chi connectivity index (χ0n) is 42.3. The van der Waals surface area contributed by atoms with Crippen LogP contribution in [-0.4, -0.2) is 46.9 Å². The summed E-state index contributed by atoms with van der Waals surface area (Å²) in [5.74, 6) is -0.731. The number of nitrogens with one attached hydrogen (secondary N) is 1. The number of amides is 1. The lowest BCUT2D eigenvalue weighted by molar-refractivity contribution is -0.148. The number of esters is 1. The first-order valence-corrected chi connectivity index (χ1v) is 26.5. The smallest absolute Gasteiger partial charge is 0.306 e. The molecule has 0 radical (unpaired) electrons. The van der Waals surface area contributed by atoms with Gasteiger partial charge in [0.25, 0.3) is 0 Å². The molecule has 0 aromatic rings. The predicted molar refractivity (Wildman–Crippen MR) is 286 cm³/mol. The van der Waals surface area contributed by atoms with Crippen LogP contribution in [0.4, 0.5) is 0 Å². The van der Waals surface area contributed by atoms with Gasteiger partial charge in [0, 0.05) is 6.42 Å². The number of unbranched alkanes of at least 4 members (excludes halogenated alkanes) is 17. The molecule has 0 bridgehead atoms. The monoisotopic (exact) mass is 912 g/mol. The van der Waals surface area contributed by atoms with E-state index >= 15 is 0 Å². The molecular weight excluding hydrogens is 815 g/mol. The molecule has 0 spiro atoms. The van der Waals surface area contributed by atoms with E-state index in [2.05, 4.69) is 92.9 Å². The first-order valence-electron chi connectivity index (χ1n) is 26.5. The SMILES string of the molecule is CC/C=C\C/C=C\C/C=C\C/C=C\C/C=C\C/C=C\C(CC(=O)NC(CO)C(O)CCCCCCCCCCCCCCCCCCC)OC(=O)CCC/C=C/C=C\C=C/C=C/C=C/CC. The van der Waals surface area contributed by atoms with Crippen molar-refractivity contribution in [2.75, 3.05) is 6.61 Å². The predicted octanol–water partition coefficient (Wildman–Crippen LogP) is 16.2. The van der Waals surface area contributed by atoms with Gasteiger partial charge >= 0.3 is 5.97 Å². The van der Waals surface area contributed by atoms with Gasteiger partial charge in [-0.2, -0.15) is 0 Å². The second-order valence-electron chi connectivity index (χ2n) is 17.3. The zero-order chi connectivity index (χ0) is 48.1. The molecule has 6 nitrogen and oxygen atoms in total. The van der Waals surface area contributed by atoms with Gasteiger partial charge in [0.05, 0.1) is 25.2 Å². The number of hydrogen-bond donors (Lipinski definition) is 3. The van der Waals surface area contributed by atoms with Crippen LogP contribution in [0.1, 0.15) is 207 Å². The number of allylic oxidation sites excluding steroid dienone is 21.